The molecular formula is C11H21NO3. The Labute approximate surface area is 91.3 Å². The second-order valence-electron chi connectivity index (χ2n) is 3.76. The van der Waals surface area contributed by atoms with Crippen LogP contribution in [0.1, 0.15) is 32.6 Å². The first-order valence-electron chi connectivity index (χ1n) is 5.79. The summed E-state index contributed by atoms with van der Waals surface area (Å²) in [7, 11) is 0. The van der Waals surface area contributed by atoms with Crippen molar-refractivity contribution in [3.8, 4) is 0 Å². The van der Waals surface area contributed by atoms with Crippen LogP contribution in [0.4, 0.5) is 0 Å². The fraction of sp³-hybridized carbons (Fsp3) is 0.909. The fourth-order valence-corrected chi connectivity index (χ4v) is 1.72. The smallest absolute Gasteiger partial charge is 0.246 e. The van der Waals surface area contributed by atoms with Gasteiger partial charge in [-0.25, -0.2) is 0 Å². The number of carbonyl (C=O) groups is 1. The molecule has 0 spiro atoms. The highest BCUT2D eigenvalue weighted by Gasteiger charge is 2.14. The van der Waals surface area contributed by atoms with E-state index in [1.54, 1.807) is 0 Å². The molecule has 0 bridgehead atoms. The lowest BCUT2D eigenvalue weighted by Crippen LogP contribution is -2.31. The van der Waals surface area contributed by atoms with Crippen LogP contribution in [-0.4, -0.2) is 38.4 Å². The van der Waals surface area contributed by atoms with E-state index < -0.39 is 0 Å². The topological polar surface area (TPSA) is 47.6 Å². The van der Waals surface area contributed by atoms with Crippen molar-refractivity contribution in [1.29, 1.82) is 0 Å². The lowest BCUT2D eigenvalue weighted by Gasteiger charge is -2.11. The Morgan fingerprint density at radius 2 is 2.13 bits per heavy atom. The molecule has 0 aromatic heterocycles. The van der Waals surface area contributed by atoms with Gasteiger partial charge in [-0.05, 0) is 19.8 Å². The van der Waals surface area contributed by atoms with E-state index in [0.717, 1.165) is 0 Å². The largest absolute Gasteiger partial charge is 0.376 e. The third-order valence-electron chi connectivity index (χ3n) is 2.52. The number of nitrogens with one attached hydrogen (secondary N) is 1. The standard InChI is InChI=1S/C11H21NO3/c1-2-14-9-11(13)12-7-8-15-10-5-3-4-6-10/h10H,2-9H2,1H3,(H,12,13). The first-order chi connectivity index (χ1) is 7.33. The number of hydrogen-bond acceptors (Lipinski definition) is 3. The summed E-state index contributed by atoms with van der Waals surface area (Å²) in [5, 5.41) is 2.75. The number of hydrogen-bond donors (Lipinski definition) is 1. The predicted octanol–water partition coefficient (Wildman–Crippen LogP) is 1.10. The monoisotopic (exact) mass is 215 g/mol. The summed E-state index contributed by atoms with van der Waals surface area (Å²) in [5.74, 6) is -0.0631. The number of rotatable bonds is 7. The van der Waals surface area contributed by atoms with Gasteiger partial charge in [0, 0.05) is 13.2 Å². The molecule has 1 rings (SSSR count). The number of amides is 1. The van der Waals surface area contributed by atoms with Gasteiger partial charge in [-0.15, -0.1) is 0 Å². The summed E-state index contributed by atoms with van der Waals surface area (Å²) in [6, 6.07) is 0. The maximum Gasteiger partial charge on any atom is 0.246 e. The Morgan fingerprint density at radius 3 is 2.80 bits per heavy atom. The molecule has 1 saturated carbocycles. The lowest BCUT2D eigenvalue weighted by atomic mass is 10.3. The van der Waals surface area contributed by atoms with E-state index in [1.807, 2.05) is 6.92 Å². The highest BCUT2D eigenvalue weighted by Crippen LogP contribution is 2.20. The zero-order valence-electron chi connectivity index (χ0n) is 9.46. The van der Waals surface area contributed by atoms with Gasteiger partial charge in [0.2, 0.25) is 5.91 Å². The minimum atomic E-state index is -0.0631. The van der Waals surface area contributed by atoms with Gasteiger partial charge in [-0.1, -0.05) is 12.8 Å². The van der Waals surface area contributed by atoms with Gasteiger partial charge >= 0.3 is 0 Å². The van der Waals surface area contributed by atoms with Gasteiger partial charge in [0.05, 0.1) is 12.7 Å². The average molecular weight is 215 g/mol. The first kappa shape index (κ1) is 12.5. The molecule has 4 heteroatoms. The van der Waals surface area contributed by atoms with Crippen molar-refractivity contribution in [3.63, 3.8) is 0 Å². The van der Waals surface area contributed by atoms with Gasteiger partial charge in [0.15, 0.2) is 0 Å². The molecule has 0 atom stereocenters. The van der Waals surface area contributed by atoms with Crippen LogP contribution in [0.2, 0.25) is 0 Å². The normalized spacial score (nSPS) is 16.9. The molecule has 1 fully saturated rings. The maximum atomic E-state index is 11.1. The molecule has 1 aliphatic carbocycles. The van der Waals surface area contributed by atoms with Gasteiger partial charge in [0.25, 0.3) is 0 Å². The predicted molar refractivity (Wildman–Crippen MR) is 57.7 cm³/mol. The second kappa shape index (κ2) is 7.65. The molecule has 1 N–H and O–H groups in total. The molecule has 0 heterocycles. The number of carbonyl (C=O) groups excluding carboxylic acids is 1. The molecule has 1 amide bonds. The van der Waals surface area contributed by atoms with E-state index in [4.69, 9.17) is 9.47 Å². The quantitative estimate of drug-likeness (QED) is 0.647. The highest BCUT2D eigenvalue weighted by atomic mass is 16.5. The summed E-state index contributed by atoms with van der Waals surface area (Å²) in [6.45, 7) is 3.80. The highest BCUT2D eigenvalue weighted by molar-refractivity contribution is 5.77. The van der Waals surface area contributed by atoms with E-state index in [0.29, 0.717) is 25.9 Å². The van der Waals surface area contributed by atoms with Crippen molar-refractivity contribution in [2.24, 2.45) is 0 Å². The Kier molecular flexibility index (Phi) is 6.36. The van der Waals surface area contributed by atoms with Crippen molar-refractivity contribution in [3.05, 3.63) is 0 Å². The third kappa shape index (κ3) is 5.74. The maximum absolute atomic E-state index is 11.1. The van der Waals surface area contributed by atoms with Crippen molar-refractivity contribution < 1.29 is 14.3 Å². The summed E-state index contributed by atoms with van der Waals surface area (Å²) in [6.07, 6.45) is 5.33. The Bertz CT molecular complexity index is 179. The van der Waals surface area contributed by atoms with Gasteiger partial charge in [-0.3, -0.25) is 4.79 Å². The molecule has 88 valence electrons. The molecule has 15 heavy (non-hydrogen) atoms. The van der Waals surface area contributed by atoms with Crippen LogP contribution in [0.15, 0.2) is 0 Å². The van der Waals surface area contributed by atoms with Crippen LogP contribution in [0.5, 0.6) is 0 Å². The average Bonchev–Trinajstić information content (AvgIpc) is 2.74. The van der Waals surface area contributed by atoms with Crippen LogP contribution >= 0.6 is 0 Å². The van der Waals surface area contributed by atoms with Gasteiger partial charge in [-0.2, -0.15) is 0 Å². The van der Waals surface area contributed by atoms with Crippen molar-refractivity contribution in [1.82, 2.24) is 5.32 Å². The summed E-state index contributed by atoms with van der Waals surface area (Å²) < 4.78 is 10.6. The summed E-state index contributed by atoms with van der Waals surface area (Å²) in [5.41, 5.74) is 0. The fourth-order valence-electron chi connectivity index (χ4n) is 1.72. The molecular weight excluding hydrogens is 194 g/mol. The summed E-state index contributed by atoms with van der Waals surface area (Å²) >= 11 is 0. The van der Waals surface area contributed by atoms with E-state index in [9.17, 15) is 4.79 Å². The zero-order valence-corrected chi connectivity index (χ0v) is 9.46. The molecule has 0 aromatic carbocycles. The third-order valence-corrected chi connectivity index (χ3v) is 2.52. The van der Waals surface area contributed by atoms with E-state index in [2.05, 4.69) is 5.32 Å². The van der Waals surface area contributed by atoms with Crippen molar-refractivity contribution >= 4 is 5.91 Å². The van der Waals surface area contributed by atoms with Gasteiger partial charge in [0.1, 0.15) is 6.61 Å². The van der Waals surface area contributed by atoms with Crippen LogP contribution in [-0.2, 0) is 14.3 Å². The Balaban J connectivity index is 1.89. The van der Waals surface area contributed by atoms with Gasteiger partial charge < -0.3 is 14.8 Å². The molecule has 0 aromatic rings. The molecule has 0 radical (unpaired) electrons. The number of ether oxygens (including phenoxy) is 2. The van der Waals surface area contributed by atoms with E-state index >= 15 is 0 Å². The van der Waals surface area contributed by atoms with Crippen molar-refractivity contribution in [2.45, 2.75) is 38.7 Å². The molecule has 4 nitrogen and oxygen atoms in total. The summed E-state index contributed by atoms with van der Waals surface area (Å²) in [4.78, 5) is 11.1. The molecule has 0 saturated heterocycles. The van der Waals surface area contributed by atoms with Crippen LogP contribution in [0.25, 0.3) is 0 Å². The second-order valence-corrected chi connectivity index (χ2v) is 3.76. The molecule has 0 aliphatic heterocycles. The SMILES string of the molecule is CCOCC(=O)NCCOC1CCCC1. The first-order valence-corrected chi connectivity index (χ1v) is 5.79. The van der Waals surface area contributed by atoms with Crippen LogP contribution in [0.3, 0.4) is 0 Å². The van der Waals surface area contributed by atoms with E-state index in [-0.39, 0.29) is 12.5 Å². The molecule has 0 unspecified atom stereocenters. The minimum absolute atomic E-state index is 0.0631. The van der Waals surface area contributed by atoms with E-state index in [1.165, 1.54) is 25.7 Å². The molecule has 1 aliphatic rings. The van der Waals surface area contributed by atoms with Crippen LogP contribution in [0, 0.1) is 0 Å². The van der Waals surface area contributed by atoms with Crippen molar-refractivity contribution in [2.75, 3.05) is 26.4 Å². The lowest BCUT2D eigenvalue weighted by molar-refractivity contribution is -0.125. The Morgan fingerprint density at radius 1 is 1.40 bits per heavy atom. The Hall–Kier alpha value is -0.610. The minimum Gasteiger partial charge on any atom is -0.376 e. The van der Waals surface area contributed by atoms with Crippen LogP contribution < -0.4 is 5.32 Å². The zero-order chi connectivity index (χ0) is 10.9.